The summed E-state index contributed by atoms with van der Waals surface area (Å²) in [5, 5.41) is 12.5. The molecule has 0 bridgehead atoms. The van der Waals surface area contributed by atoms with Gasteiger partial charge in [-0.15, -0.1) is 10.2 Å². The Morgan fingerprint density at radius 3 is 2.20 bits per heavy atom. The SMILES string of the molecule is O=C(Cc1ccc(Cl)cc1)Nc1ccc(-c2ccc(N3CCCCCC3)nn2)cc1. The number of anilines is 2. The molecule has 0 saturated carbocycles. The molecule has 2 aromatic carbocycles. The van der Waals surface area contributed by atoms with Gasteiger partial charge in [0.1, 0.15) is 0 Å². The topological polar surface area (TPSA) is 58.1 Å². The number of aromatic nitrogens is 2. The fourth-order valence-corrected chi connectivity index (χ4v) is 3.79. The fourth-order valence-electron chi connectivity index (χ4n) is 3.66. The van der Waals surface area contributed by atoms with Crippen molar-refractivity contribution in [3.8, 4) is 11.3 Å². The van der Waals surface area contributed by atoms with Crippen molar-refractivity contribution < 1.29 is 4.79 Å². The number of rotatable bonds is 5. The molecule has 0 spiro atoms. The lowest BCUT2D eigenvalue weighted by Crippen LogP contribution is -2.25. The fraction of sp³-hybridized carbons (Fsp3) is 0.292. The molecule has 6 heteroatoms. The third-order valence-corrected chi connectivity index (χ3v) is 5.57. The van der Waals surface area contributed by atoms with E-state index in [0.29, 0.717) is 11.4 Å². The van der Waals surface area contributed by atoms with Crippen LogP contribution in [0.2, 0.25) is 5.02 Å². The predicted molar refractivity (Wildman–Crippen MR) is 122 cm³/mol. The van der Waals surface area contributed by atoms with E-state index in [0.717, 1.165) is 41.4 Å². The first kappa shape index (κ1) is 20.4. The van der Waals surface area contributed by atoms with Crippen molar-refractivity contribution in [1.82, 2.24) is 10.2 Å². The summed E-state index contributed by atoms with van der Waals surface area (Å²) in [4.78, 5) is 14.6. The molecule has 1 fully saturated rings. The van der Waals surface area contributed by atoms with Gasteiger partial charge in [-0.25, -0.2) is 0 Å². The Morgan fingerprint density at radius 1 is 0.867 bits per heavy atom. The maximum atomic E-state index is 12.3. The first-order chi connectivity index (χ1) is 14.7. The second-order valence-corrected chi connectivity index (χ2v) is 8.04. The van der Waals surface area contributed by atoms with Crippen LogP contribution in [0.1, 0.15) is 31.2 Å². The van der Waals surface area contributed by atoms with Crippen LogP contribution in [-0.4, -0.2) is 29.2 Å². The Labute approximate surface area is 182 Å². The molecule has 1 N–H and O–H groups in total. The molecule has 2 heterocycles. The van der Waals surface area contributed by atoms with Gasteiger partial charge in [0, 0.05) is 29.4 Å². The summed E-state index contributed by atoms with van der Waals surface area (Å²) in [6, 6.07) is 19.0. The molecule has 1 amide bonds. The van der Waals surface area contributed by atoms with E-state index in [1.165, 1.54) is 25.7 Å². The largest absolute Gasteiger partial charge is 0.355 e. The number of nitrogens with one attached hydrogen (secondary N) is 1. The molecule has 1 saturated heterocycles. The average molecular weight is 421 g/mol. The summed E-state index contributed by atoms with van der Waals surface area (Å²) >= 11 is 5.89. The Morgan fingerprint density at radius 2 is 1.57 bits per heavy atom. The zero-order valence-electron chi connectivity index (χ0n) is 16.9. The monoisotopic (exact) mass is 420 g/mol. The molecule has 4 rings (SSSR count). The highest BCUT2D eigenvalue weighted by molar-refractivity contribution is 6.30. The Hall–Kier alpha value is -2.92. The van der Waals surface area contributed by atoms with Crippen LogP contribution in [0.3, 0.4) is 0 Å². The Kier molecular flexibility index (Phi) is 6.60. The molecular weight excluding hydrogens is 396 g/mol. The molecule has 154 valence electrons. The van der Waals surface area contributed by atoms with E-state index in [-0.39, 0.29) is 5.91 Å². The third kappa shape index (κ3) is 5.36. The molecule has 0 atom stereocenters. The first-order valence-electron chi connectivity index (χ1n) is 10.4. The van der Waals surface area contributed by atoms with Crippen molar-refractivity contribution in [2.45, 2.75) is 32.1 Å². The summed E-state index contributed by atoms with van der Waals surface area (Å²) in [6.45, 7) is 2.11. The van der Waals surface area contributed by atoms with Gasteiger partial charge in [0.15, 0.2) is 5.82 Å². The van der Waals surface area contributed by atoms with Crippen LogP contribution in [-0.2, 0) is 11.2 Å². The average Bonchev–Trinajstić information content (AvgIpc) is 3.06. The zero-order chi connectivity index (χ0) is 20.8. The third-order valence-electron chi connectivity index (χ3n) is 5.32. The minimum atomic E-state index is -0.0633. The van der Waals surface area contributed by atoms with Crippen molar-refractivity contribution >= 4 is 29.0 Å². The van der Waals surface area contributed by atoms with Crippen molar-refractivity contribution in [2.24, 2.45) is 0 Å². The minimum absolute atomic E-state index is 0.0633. The van der Waals surface area contributed by atoms with E-state index in [4.69, 9.17) is 11.6 Å². The van der Waals surface area contributed by atoms with E-state index >= 15 is 0 Å². The number of amides is 1. The summed E-state index contributed by atoms with van der Waals surface area (Å²) in [5.41, 5.74) is 3.48. The number of benzene rings is 2. The lowest BCUT2D eigenvalue weighted by Gasteiger charge is -2.20. The van der Waals surface area contributed by atoms with E-state index < -0.39 is 0 Å². The van der Waals surface area contributed by atoms with Gasteiger partial charge in [-0.2, -0.15) is 0 Å². The van der Waals surface area contributed by atoms with E-state index in [9.17, 15) is 4.79 Å². The van der Waals surface area contributed by atoms with Gasteiger partial charge >= 0.3 is 0 Å². The second kappa shape index (κ2) is 9.72. The maximum absolute atomic E-state index is 12.3. The number of carbonyl (C=O) groups is 1. The van der Waals surface area contributed by atoms with Crippen LogP contribution in [0.4, 0.5) is 11.5 Å². The van der Waals surface area contributed by atoms with Crippen LogP contribution in [0.5, 0.6) is 0 Å². The highest BCUT2D eigenvalue weighted by Crippen LogP contribution is 2.22. The number of hydrogen-bond donors (Lipinski definition) is 1. The molecule has 30 heavy (non-hydrogen) atoms. The molecule has 3 aromatic rings. The van der Waals surface area contributed by atoms with Crippen molar-refractivity contribution in [3.05, 3.63) is 71.2 Å². The minimum Gasteiger partial charge on any atom is -0.355 e. The number of hydrogen-bond acceptors (Lipinski definition) is 4. The molecule has 5 nitrogen and oxygen atoms in total. The van der Waals surface area contributed by atoms with E-state index in [2.05, 4.69) is 26.5 Å². The van der Waals surface area contributed by atoms with Crippen LogP contribution in [0.25, 0.3) is 11.3 Å². The molecular formula is C24H25ClN4O. The van der Waals surface area contributed by atoms with Crippen molar-refractivity contribution in [2.75, 3.05) is 23.3 Å². The highest BCUT2D eigenvalue weighted by Gasteiger charge is 2.12. The van der Waals surface area contributed by atoms with Gasteiger partial charge in [-0.3, -0.25) is 4.79 Å². The van der Waals surface area contributed by atoms with Crippen LogP contribution in [0, 0.1) is 0 Å². The van der Waals surface area contributed by atoms with E-state index in [1.807, 2.05) is 42.5 Å². The molecule has 1 aromatic heterocycles. The van der Waals surface area contributed by atoms with Crippen molar-refractivity contribution in [1.29, 1.82) is 0 Å². The lowest BCUT2D eigenvalue weighted by atomic mass is 10.1. The molecule has 1 aliphatic rings. The lowest BCUT2D eigenvalue weighted by molar-refractivity contribution is -0.115. The van der Waals surface area contributed by atoms with Crippen LogP contribution < -0.4 is 10.2 Å². The summed E-state index contributed by atoms with van der Waals surface area (Å²) in [7, 11) is 0. The van der Waals surface area contributed by atoms with Gasteiger partial charge < -0.3 is 10.2 Å². The predicted octanol–water partition coefficient (Wildman–Crippen LogP) is 5.36. The summed E-state index contributed by atoms with van der Waals surface area (Å²) in [5.74, 6) is 0.887. The number of carbonyl (C=O) groups excluding carboxylic acids is 1. The van der Waals surface area contributed by atoms with Crippen LogP contribution >= 0.6 is 11.6 Å². The second-order valence-electron chi connectivity index (χ2n) is 7.61. The van der Waals surface area contributed by atoms with Crippen molar-refractivity contribution in [3.63, 3.8) is 0 Å². The highest BCUT2D eigenvalue weighted by atomic mass is 35.5. The number of halogens is 1. The normalized spacial score (nSPS) is 14.2. The van der Waals surface area contributed by atoms with Gasteiger partial charge in [-0.1, -0.05) is 48.7 Å². The van der Waals surface area contributed by atoms with Gasteiger partial charge in [0.25, 0.3) is 0 Å². The Bertz CT molecular complexity index is 964. The quantitative estimate of drug-likeness (QED) is 0.603. The molecule has 1 aliphatic heterocycles. The van der Waals surface area contributed by atoms with Crippen LogP contribution in [0.15, 0.2) is 60.7 Å². The maximum Gasteiger partial charge on any atom is 0.228 e. The number of nitrogens with zero attached hydrogens (tertiary/aromatic N) is 3. The molecule has 0 aliphatic carbocycles. The summed E-state index contributed by atoms with van der Waals surface area (Å²) < 4.78 is 0. The molecule has 0 unspecified atom stereocenters. The van der Waals surface area contributed by atoms with E-state index in [1.54, 1.807) is 12.1 Å². The summed E-state index contributed by atoms with van der Waals surface area (Å²) in [6.07, 6.45) is 5.33. The van der Waals surface area contributed by atoms with Gasteiger partial charge in [0.2, 0.25) is 5.91 Å². The van der Waals surface area contributed by atoms with Gasteiger partial charge in [-0.05, 0) is 54.8 Å². The van der Waals surface area contributed by atoms with Gasteiger partial charge in [0.05, 0.1) is 12.1 Å². The zero-order valence-corrected chi connectivity index (χ0v) is 17.6. The Balaban J connectivity index is 1.36. The standard InChI is InChI=1S/C24H25ClN4O/c25-20-9-5-18(6-10-20)17-24(30)26-21-11-7-19(8-12-21)22-13-14-23(28-27-22)29-15-3-1-2-4-16-29/h5-14H,1-4,15-17H2,(H,26,30). The first-order valence-corrected chi connectivity index (χ1v) is 10.8. The molecule has 0 radical (unpaired) electrons. The smallest absolute Gasteiger partial charge is 0.228 e.